The molecule has 2 saturated heterocycles. The lowest BCUT2D eigenvalue weighted by Gasteiger charge is -2.39. The number of para-hydroxylation sites is 1. The fourth-order valence-corrected chi connectivity index (χ4v) is 3.39. The van der Waals surface area contributed by atoms with Gasteiger partial charge in [0.25, 0.3) is 0 Å². The normalized spacial score (nSPS) is 21.6. The molecule has 4 rings (SSSR count). The number of fused-ring (bicyclic) bond motifs is 1. The van der Waals surface area contributed by atoms with Crippen LogP contribution in [0.4, 0.5) is 5.69 Å². The van der Waals surface area contributed by atoms with Crippen molar-refractivity contribution in [3.05, 3.63) is 24.5 Å². The predicted octanol–water partition coefficient (Wildman–Crippen LogP) is 2.24. The summed E-state index contributed by atoms with van der Waals surface area (Å²) in [5.74, 6) is -0.0344. The van der Waals surface area contributed by atoms with Gasteiger partial charge in [-0.25, -0.2) is 4.98 Å². The van der Waals surface area contributed by atoms with E-state index in [4.69, 9.17) is 4.74 Å². The molecule has 0 bridgehead atoms. The maximum Gasteiger partial charge on any atom is 0.306 e. The first-order valence-electron chi connectivity index (χ1n) is 7.15. The average molecular weight is 271 g/mol. The van der Waals surface area contributed by atoms with Gasteiger partial charge in [-0.05, 0) is 18.6 Å². The number of H-pyrrole nitrogens is 1. The standard InChI is InChI=1S/C15H17N3O2/c19-13-4-5-15(20-13)6-8-18(9-7-15)12-3-1-2-11-14(12)17-10-16-11/h1-3,10H,4-9H2,(H,16,17). The number of anilines is 1. The van der Waals surface area contributed by atoms with Crippen LogP contribution < -0.4 is 4.90 Å². The largest absolute Gasteiger partial charge is 0.459 e. The number of esters is 1. The minimum Gasteiger partial charge on any atom is -0.459 e. The Morgan fingerprint density at radius 1 is 1.25 bits per heavy atom. The van der Waals surface area contributed by atoms with E-state index >= 15 is 0 Å². The van der Waals surface area contributed by atoms with Gasteiger partial charge in [0.05, 0.1) is 17.5 Å². The Balaban J connectivity index is 1.57. The van der Waals surface area contributed by atoms with Crippen molar-refractivity contribution in [1.29, 1.82) is 0 Å². The number of aromatic nitrogens is 2. The second-order valence-electron chi connectivity index (χ2n) is 5.72. The van der Waals surface area contributed by atoms with Crippen molar-refractivity contribution in [3.8, 4) is 0 Å². The number of ether oxygens (including phenoxy) is 1. The Morgan fingerprint density at radius 2 is 2.10 bits per heavy atom. The van der Waals surface area contributed by atoms with E-state index in [0.717, 1.165) is 43.4 Å². The number of imidazole rings is 1. The lowest BCUT2D eigenvalue weighted by molar-refractivity contribution is -0.149. The third kappa shape index (κ3) is 1.77. The van der Waals surface area contributed by atoms with Crippen LogP contribution in [-0.4, -0.2) is 34.6 Å². The molecule has 1 aromatic carbocycles. The fraction of sp³-hybridized carbons (Fsp3) is 0.467. The molecular formula is C15H17N3O2. The minimum absolute atomic E-state index is 0.0344. The molecule has 2 aliphatic heterocycles. The summed E-state index contributed by atoms with van der Waals surface area (Å²) >= 11 is 0. The van der Waals surface area contributed by atoms with Gasteiger partial charge in [0.2, 0.25) is 0 Å². The van der Waals surface area contributed by atoms with Gasteiger partial charge in [-0.3, -0.25) is 4.79 Å². The Morgan fingerprint density at radius 3 is 2.85 bits per heavy atom. The summed E-state index contributed by atoms with van der Waals surface area (Å²) in [5.41, 5.74) is 3.07. The molecule has 20 heavy (non-hydrogen) atoms. The quantitative estimate of drug-likeness (QED) is 0.808. The fourth-order valence-electron chi connectivity index (χ4n) is 3.39. The molecule has 1 spiro atoms. The van der Waals surface area contributed by atoms with Crippen LogP contribution in [0.15, 0.2) is 24.5 Å². The third-order valence-electron chi connectivity index (χ3n) is 4.56. The first-order valence-corrected chi connectivity index (χ1v) is 7.15. The number of piperidine rings is 1. The van der Waals surface area contributed by atoms with E-state index in [1.54, 1.807) is 6.33 Å². The van der Waals surface area contributed by atoms with Crippen LogP contribution in [0.5, 0.6) is 0 Å². The summed E-state index contributed by atoms with van der Waals surface area (Å²) in [4.78, 5) is 21.3. The van der Waals surface area contributed by atoms with Crippen molar-refractivity contribution in [1.82, 2.24) is 9.97 Å². The van der Waals surface area contributed by atoms with E-state index < -0.39 is 0 Å². The molecule has 5 nitrogen and oxygen atoms in total. The highest BCUT2D eigenvalue weighted by atomic mass is 16.6. The van der Waals surface area contributed by atoms with Gasteiger partial charge >= 0.3 is 5.97 Å². The maximum absolute atomic E-state index is 11.4. The lowest BCUT2D eigenvalue weighted by Crippen LogP contribution is -2.44. The number of benzene rings is 1. The van der Waals surface area contributed by atoms with E-state index in [1.807, 2.05) is 6.07 Å². The monoisotopic (exact) mass is 271 g/mol. The van der Waals surface area contributed by atoms with Crippen molar-refractivity contribution < 1.29 is 9.53 Å². The highest BCUT2D eigenvalue weighted by Crippen LogP contribution is 2.38. The summed E-state index contributed by atoms with van der Waals surface area (Å²) in [6, 6.07) is 6.20. The molecule has 2 fully saturated rings. The van der Waals surface area contributed by atoms with Crippen molar-refractivity contribution >= 4 is 22.7 Å². The topological polar surface area (TPSA) is 58.2 Å². The number of aromatic amines is 1. The first kappa shape index (κ1) is 11.8. The summed E-state index contributed by atoms with van der Waals surface area (Å²) in [5, 5.41) is 0. The lowest BCUT2D eigenvalue weighted by atomic mass is 9.88. The molecule has 0 amide bonds. The van der Waals surface area contributed by atoms with Gasteiger partial charge in [0.1, 0.15) is 11.1 Å². The van der Waals surface area contributed by atoms with E-state index in [0.29, 0.717) is 6.42 Å². The van der Waals surface area contributed by atoms with Gasteiger partial charge in [-0.1, -0.05) is 6.07 Å². The summed E-state index contributed by atoms with van der Waals surface area (Å²) in [6.07, 6.45) is 5.03. The molecule has 0 radical (unpaired) electrons. The van der Waals surface area contributed by atoms with Crippen LogP contribution in [0.2, 0.25) is 0 Å². The van der Waals surface area contributed by atoms with Crippen LogP contribution in [0.3, 0.4) is 0 Å². The predicted molar refractivity (Wildman–Crippen MR) is 75.6 cm³/mol. The molecular weight excluding hydrogens is 254 g/mol. The number of rotatable bonds is 1. The van der Waals surface area contributed by atoms with E-state index in [2.05, 4.69) is 27.0 Å². The van der Waals surface area contributed by atoms with E-state index in [-0.39, 0.29) is 11.6 Å². The second kappa shape index (κ2) is 4.23. The van der Waals surface area contributed by atoms with Crippen LogP contribution in [0, 0.1) is 0 Å². The summed E-state index contributed by atoms with van der Waals surface area (Å²) in [6.45, 7) is 1.83. The SMILES string of the molecule is O=C1CCC2(CCN(c3cccc4[nH]cnc34)CC2)O1. The number of hydrogen-bond acceptors (Lipinski definition) is 4. The van der Waals surface area contributed by atoms with Crippen molar-refractivity contribution in [2.75, 3.05) is 18.0 Å². The maximum atomic E-state index is 11.4. The zero-order valence-electron chi connectivity index (χ0n) is 11.3. The van der Waals surface area contributed by atoms with E-state index in [1.165, 1.54) is 5.69 Å². The van der Waals surface area contributed by atoms with Gasteiger partial charge in [0, 0.05) is 32.4 Å². The van der Waals surface area contributed by atoms with Crippen molar-refractivity contribution in [2.45, 2.75) is 31.3 Å². The smallest absolute Gasteiger partial charge is 0.306 e. The zero-order chi connectivity index (χ0) is 13.6. The highest BCUT2D eigenvalue weighted by Gasteiger charge is 2.42. The molecule has 3 heterocycles. The molecule has 0 aliphatic carbocycles. The minimum atomic E-state index is -0.187. The average Bonchev–Trinajstić information content (AvgIpc) is 3.07. The molecule has 104 valence electrons. The van der Waals surface area contributed by atoms with Crippen LogP contribution in [0.25, 0.3) is 11.0 Å². The number of carbonyl (C=O) groups excluding carboxylic acids is 1. The Hall–Kier alpha value is -2.04. The molecule has 5 heteroatoms. The number of hydrogen-bond donors (Lipinski definition) is 1. The zero-order valence-corrected chi connectivity index (χ0v) is 11.3. The number of carbonyl (C=O) groups is 1. The molecule has 2 aromatic rings. The van der Waals surface area contributed by atoms with Crippen LogP contribution in [0.1, 0.15) is 25.7 Å². The molecule has 0 saturated carbocycles. The molecule has 0 atom stereocenters. The molecule has 2 aliphatic rings. The van der Waals surface area contributed by atoms with Crippen molar-refractivity contribution in [3.63, 3.8) is 0 Å². The number of nitrogens with one attached hydrogen (secondary N) is 1. The molecule has 1 N–H and O–H groups in total. The molecule has 0 unspecified atom stereocenters. The third-order valence-corrected chi connectivity index (χ3v) is 4.56. The van der Waals surface area contributed by atoms with Crippen LogP contribution in [-0.2, 0) is 9.53 Å². The van der Waals surface area contributed by atoms with E-state index in [9.17, 15) is 4.79 Å². The summed E-state index contributed by atoms with van der Waals surface area (Å²) in [7, 11) is 0. The molecule has 1 aromatic heterocycles. The Kier molecular flexibility index (Phi) is 2.49. The number of nitrogens with zero attached hydrogens (tertiary/aromatic N) is 2. The second-order valence-corrected chi connectivity index (χ2v) is 5.72. The van der Waals surface area contributed by atoms with Crippen molar-refractivity contribution in [2.24, 2.45) is 0 Å². The Labute approximate surface area is 116 Å². The van der Waals surface area contributed by atoms with Gasteiger partial charge in [0.15, 0.2) is 0 Å². The van der Waals surface area contributed by atoms with Gasteiger partial charge in [-0.2, -0.15) is 0 Å². The van der Waals surface area contributed by atoms with Gasteiger partial charge in [-0.15, -0.1) is 0 Å². The summed E-state index contributed by atoms with van der Waals surface area (Å²) < 4.78 is 5.56. The Bertz CT molecular complexity index is 656. The first-order chi connectivity index (χ1) is 9.76. The van der Waals surface area contributed by atoms with Gasteiger partial charge < -0.3 is 14.6 Å². The highest BCUT2D eigenvalue weighted by molar-refractivity contribution is 5.88. The van der Waals surface area contributed by atoms with Crippen LogP contribution >= 0.6 is 0 Å².